The third-order valence-electron chi connectivity index (χ3n) is 6.54. The number of rotatable bonds is 17. The van der Waals surface area contributed by atoms with Gasteiger partial charge >= 0.3 is 11.9 Å². The Morgan fingerprint density at radius 3 is 2.21 bits per heavy atom. The minimum absolute atomic E-state index is 0.0300. The molecule has 4 unspecified atom stereocenters. The van der Waals surface area contributed by atoms with Gasteiger partial charge in [-0.2, -0.15) is 0 Å². The van der Waals surface area contributed by atoms with Gasteiger partial charge in [-0.15, -0.1) is 0 Å². The molecule has 1 aromatic heterocycles. The minimum Gasteiger partial charge on any atom is -0.481 e. The van der Waals surface area contributed by atoms with Crippen molar-refractivity contribution in [3.8, 4) is 0 Å². The van der Waals surface area contributed by atoms with Crippen molar-refractivity contribution in [2.24, 2.45) is 28.1 Å². The van der Waals surface area contributed by atoms with Crippen LogP contribution in [-0.2, 0) is 30.4 Å². The maximum Gasteiger partial charge on any atom is 0.326 e. The first-order valence-corrected chi connectivity index (χ1v) is 13.5. The molecule has 0 saturated heterocycles. The van der Waals surface area contributed by atoms with Crippen LogP contribution < -0.4 is 33.2 Å². The molecule has 0 aliphatic rings. The van der Waals surface area contributed by atoms with E-state index in [1.54, 1.807) is 20.0 Å². The molecular weight excluding hydrogens is 548 g/mol. The summed E-state index contributed by atoms with van der Waals surface area (Å²) in [4.78, 5) is 69.0. The summed E-state index contributed by atoms with van der Waals surface area (Å²) in [5.41, 5.74) is 18.3. The molecule has 15 nitrogen and oxygen atoms in total. The topological polar surface area (TPSA) is 268 Å². The number of nitrogens with zero attached hydrogens (tertiary/aromatic N) is 1. The van der Waals surface area contributed by atoms with E-state index in [2.05, 4.69) is 25.9 Å². The van der Waals surface area contributed by atoms with E-state index in [1.165, 1.54) is 0 Å². The number of para-hydroxylation sites is 1. The molecule has 0 aliphatic heterocycles. The molecule has 4 atom stereocenters. The number of aliphatic imine (C=N–C) groups is 1. The molecule has 0 aliphatic carbocycles. The van der Waals surface area contributed by atoms with Crippen molar-refractivity contribution in [1.29, 1.82) is 0 Å². The van der Waals surface area contributed by atoms with Gasteiger partial charge in [0.05, 0.1) is 6.04 Å². The summed E-state index contributed by atoms with van der Waals surface area (Å²) in [6.45, 7) is 3.45. The van der Waals surface area contributed by atoms with Crippen molar-refractivity contribution >= 4 is 46.5 Å². The smallest absolute Gasteiger partial charge is 0.326 e. The standard InChI is InChI=1S/C27H40N8O7/c1-14(2)22(25(40)34-20(26(41)42)8-5-11-31-27(29)30)35-24(39)19(9-10-21(36)37)33-23(38)17(28)12-15-13-32-18-7-4-3-6-16(15)18/h3-4,6-7,13-14,17,19-20,22,32H,5,8-12,28H2,1-2H3,(H,33,38)(H,34,40)(H,35,39)(H,36,37)(H,41,42)(H4,29,30,31). The van der Waals surface area contributed by atoms with Gasteiger partial charge in [0.1, 0.15) is 18.1 Å². The number of guanidine groups is 1. The normalized spacial score (nSPS) is 13.9. The lowest BCUT2D eigenvalue weighted by Gasteiger charge is -2.27. The second kappa shape index (κ2) is 16.0. The molecule has 3 amide bonds. The number of aromatic amines is 1. The highest BCUT2D eigenvalue weighted by molar-refractivity contribution is 5.94. The van der Waals surface area contributed by atoms with Crippen molar-refractivity contribution in [3.63, 3.8) is 0 Å². The molecule has 0 fully saturated rings. The number of aliphatic carboxylic acids is 2. The highest BCUT2D eigenvalue weighted by atomic mass is 16.4. The maximum absolute atomic E-state index is 13.2. The lowest BCUT2D eigenvalue weighted by Crippen LogP contribution is -2.58. The second-order valence-corrected chi connectivity index (χ2v) is 10.2. The monoisotopic (exact) mass is 588 g/mol. The van der Waals surface area contributed by atoms with Crippen LogP contribution >= 0.6 is 0 Å². The Labute approximate surface area is 242 Å². The Hall–Kier alpha value is -4.66. The Morgan fingerprint density at radius 1 is 0.929 bits per heavy atom. The average molecular weight is 589 g/mol. The predicted molar refractivity (Wildman–Crippen MR) is 155 cm³/mol. The van der Waals surface area contributed by atoms with Crippen LogP contribution in [0.2, 0.25) is 0 Å². The van der Waals surface area contributed by atoms with E-state index in [9.17, 15) is 34.2 Å². The fourth-order valence-electron chi connectivity index (χ4n) is 4.26. The van der Waals surface area contributed by atoms with Gasteiger partial charge in [-0.1, -0.05) is 32.0 Å². The van der Waals surface area contributed by atoms with E-state index in [0.717, 1.165) is 16.5 Å². The molecule has 15 heteroatoms. The Bertz CT molecular complexity index is 1290. The van der Waals surface area contributed by atoms with Crippen molar-refractivity contribution in [2.45, 2.75) is 70.1 Å². The van der Waals surface area contributed by atoms with Crippen molar-refractivity contribution in [1.82, 2.24) is 20.9 Å². The van der Waals surface area contributed by atoms with Crippen LogP contribution in [0.5, 0.6) is 0 Å². The number of carboxylic acid groups (broad SMARTS) is 2. The van der Waals surface area contributed by atoms with Gasteiger partial charge in [-0.05, 0) is 43.2 Å². The fourth-order valence-corrected chi connectivity index (χ4v) is 4.26. The summed E-state index contributed by atoms with van der Waals surface area (Å²) in [5, 5.41) is 27.1. The molecule has 0 bridgehead atoms. The number of aromatic nitrogens is 1. The quantitative estimate of drug-likeness (QED) is 0.0627. The highest BCUT2D eigenvalue weighted by Crippen LogP contribution is 2.19. The zero-order valence-electron chi connectivity index (χ0n) is 23.6. The zero-order chi connectivity index (χ0) is 31.4. The van der Waals surface area contributed by atoms with E-state index in [4.69, 9.17) is 17.2 Å². The lowest BCUT2D eigenvalue weighted by atomic mass is 10.0. The van der Waals surface area contributed by atoms with E-state index >= 15 is 0 Å². The molecular formula is C27H40N8O7. The molecule has 230 valence electrons. The maximum atomic E-state index is 13.2. The summed E-state index contributed by atoms with van der Waals surface area (Å²) in [6.07, 6.45) is 1.49. The van der Waals surface area contributed by atoms with Crippen LogP contribution in [0.1, 0.15) is 45.1 Å². The number of amides is 3. The van der Waals surface area contributed by atoms with Gasteiger partial charge in [0.15, 0.2) is 5.96 Å². The van der Waals surface area contributed by atoms with Crippen molar-refractivity contribution in [3.05, 3.63) is 36.0 Å². The number of fused-ring (bicyclic) bond motifs is 1. The summed E-state index contributed by atoms with van der Waals surface area (Å²) >= 11 is 0. The van der Waals surface area contributed by atoms with Gasteiger partial charge in [-0.3, -0.25) is 24.2 Å². The molecule has 1 heterocycles. The number of nitrogens with one attached hydrogen (secondary N) is 4. The number of carbonyl (C=O) groups is 5. The third kappa shape index (κ3) is 10.4. The first-order chi connectivity index (χ1) is 19.8. The predicted octanol–water partition coefficient (Wildman–Crippen LogP) is -0.849. The van der Waals surface area contributed by atoms with Crippen LogP contribution in [-0.4, -0.2) is 81.5 Å². The van der Waals surface area contributed by atoms with Crippen LogP contribution in [0.3, 0.4) is 0 Å². The van der Waals surface area contributed by atoms with E-state index in [1.807, 2.05) is 24.3 Å². The Kier molecular flexibility index (Phi) is 12.7. The summed E-state index contributed by atoms with van der Waals surface area (Å²) < 4.78 is 0. The Morgan fingerprint density at radius 2 is 1.60 bits per heavy atom. The van der Waals surface area contributed by atoms with Crippen molar-refractivity contribution < 1.29 is 34.2 Å². The summed E-state index contributed by atoms with van der Waals surface area (Å²) in [5.74, 6) is -5.33. The first kappa shape index (κ1) is 33.5. The average Bonchev–Trinajstić information content (AvgIpc) is 3.32. The van der Waals surface area contributed by atoms with E-state index in [-0.39, 0.29) is 38.2 Å². The molecule has 42 heavy (non-hydrogen) atoms. The van der Waals surface area contributed by atoms with Crippen LogP contribution in [0, 0.1) is 5.92 Å². The summed E-state index contributed by atoms with van der Waals surface area (Å²) in [6, 6.07) is 2.66. The first-order valence-electron chi connectivity index (χ1n) is 13.5. The number of hydrogen-bond donors (Lipinski definition) is 9. The minimum atomic E-state index is -1.31. The third-order valence-corrected chi connectivity index (χ3v) is 6.54. The molecule has 0 radical (unpaired) electrons. The van der Waals surface area contributed by atoms with E-state index < -0.39 is 66.2 Å². The Balaban J connectivity index is 2.10. The largest absolute Gasteiger partial charge is 0.481 e. The van der Waals surface area contributed by atoms with E-state index in [0.29, 0.717) is 0 Å². The van der Waals surface area contributed by atoms with Gasteiger partial charge < -0.3 is 48.3 Å². The summed E-state index contributed by atoms with van der Waals surface area (Å²) in [7, 11) is 0. The number of carboxylic acids is 2. The van der Waals surface area contributed by atoms with Crippen LogP contribution in [0.15, 0.2) is 35.5 Å². The number of benzene rings is 1. The molecule has 12 N–H and O–H groups in total. The molecule has 0 saturated carbocycles. The van der Waals surface area contributed by atoms with Crippen LogP contribution in [0.25, 0.3) is 10.9 Å². The van der Waals surface area contributed by atoms with Crippen molar-refractivity contribution in [2.75, 3.05) is 6.54 Å². The molecule has 1 aromatic carbocycles. The SMILES string of the molecule is CC(C)C(NC(=O)C(CCC(=O)O)NC(=O)C(N)Cc1c[nH]c2ccccc12)C(=O)NC(CCCN=C(N)N)C(=O)O. The van der Waals surface area contributed by atoms with Gasteiger partial charge in [0.2, 0.25) is 17.7 Å². The van der Waals surface area contributed by atoms with Crippen LogP contribution in [0.4, 0.5) is 0 Å². The lowest BCUT2D eigenvalue weighted by molar-refractivity contribution is -0.142. The van der Waals surface area contributed by atoms with Gasteiger partial charge in [-0.25, -0.2) is 4.79 Å². The highest BCUT2D eigenvalue weighted by Gasteiger charge is 2.32. The molecule has 2 aromatic rings. The van der Waals surface area contributed by atoms with Gasteiger partial charge in [0, 0.05) is 30.1 Å². The molecule has 0 spiro atoms. The number of nitrogens with two attached hydrogens (primary N) is 3. The number of hydrogen-bond acceptors (Lipinski definition) is 7. The fraction of sp³-hybridized carbons (Fsp3) is 0.481. The second-order valence-electron chi connectivity index (χ2n) is 10.2. The number of carbonyl (C=O) groups excluding carboxylic acids is 3. The number of H-pyrrole nitrogens is 1. The molecule has 2 rings (SSSR count). The van der Waals surface area contributed by atoms with Gasteiger partial charge in [0.25, 0.3) is 0 Å². The zero-order valence-corrected chi connectivity index (χ0v) is 23.6.